The third-order valence-corrected chi connectivity index (χ3v) is 3.10. The maximum atomic E-state index is 12.0. The molecule has 1 amide bonds. The molecule has 0 radical (unpaired) electrons. The molecule has 0 aliphatic heterocycles. The monoisotopic (exact) mass is 297 g/mol. The van der Waals surface area contributed by atoms with Gasteiger partial charge in [0.05, 0.1) is 5.56 Å². The molecule has 18 heavy (non-hydrogen) atoms. The molecule has 0 aromatic heterocycles. The minimum absolute atomic E-state index is 0.251. The topological polar surface area (TPSA) is 29.1 Å². The van der Waals surface area contributed by atoms with Crippen LogP contribution in [0.25, 0.3) is 0 Å². The second kappa shape index (κ2) is 5.65. The van der Waals surface area contributed by atoms with Crippen molar-refractivity contribution in [3.63, 3.8) is 0 Å². The summed E-state index contributed by atoms with van der Waals surface area (Å²) in [7, 11) is 0. The van der Waals surface area contributed by atoms with Gasteiger partial charge in [0.15, 0.2) is 0 Å². The van der Waals surface area contributed by atoms with Crippen LogP contribution in [0, 0.1) is 0 Å². The molecule has 0 spiro atoms. The van der Waals surface area contributed by atoms with Crippen molar-refractivity contribution in [3.8, 4) is 0 Å². The van der Waals surface area contributed by atoms with Gasteiger partial charge in [-0.1, -0.05) is 35.3 Å². The highest BCUT2D eigenvalue weighted by Crippen LogP contribution is 2.23. The van der Waals surface area contributed by atoms with E-state index in [1.807, 2.05) is 6.07 Å². The van der Waals surface area contributed by atoms with Crippen LogP contribution in [0.1, 0.15) is 10.4 Å². The summed E-state index contributed by atoms with van der Waals surface area (Å²) in [5.41, 5.74) is 1.05. The SMILES string of the molecule is O=C(Nc1cc(Cl)cc(Cl)c1)c1ccccc1S. The molecule has 0 fully saturated rings. The van der Waals surface area contributed by atoms with Crippen LogP contribution in [0.3, 0.4) is 0 Å². The third-order valence-electron chi connectivity index (χ3n) is 2.27. The van der Waals surface area contributed by atoms with E-state index in [4.69, 9.17) is 23.2 Å². The number of carbonyl (C=O) groups excluding carboxylic acids is 1. The molecule has 0 heterocycles. The van der Waals surface area contributed by atoms with Crippen LogP contribution >= 0.6 is 35.8 Å². The van der Waals surface area contributed by atoms with Gasteiger partial charge >= 0.3 is 0 Å². The lowest BCUT2D eigenvalue weighted by Crippen LogP contribution is -2.12. The van der Waals surface area contributed by atoms with Gasteiger partial charge in [-0.25, -0.2) is 0 Å². The molecule has 92 valence electrons. The quantitative estimate of drug-likeness (QED) is 0.783. The lowest BCUT2D eigenvalue weighted by atomic mass is 10.2. The fourth-order valence-corrected chi connectivity index (χ4v) is 2.28. The highest BCUT2D eigenvalue weighted by Gasteiger charge is 2.09. The number of hydrogen-bond acceptors (Lipinski definition) is 2. The summed E-state index contributed by atoms with van der Waals surface area (Å²) in [6.07, 6.45) is 0. The van der Waals surface area contributed by atoms with Crippen molar-refractivity contribution in [2.24, 2.45) is 0 Å². The molecule has 0 atom stereocenters. The Kier molecular flexibility index (Phi) is 4.17. The van der Waals surface area contributed by atoms with Gasteiger partial charge in [0, 0.05) is 20.6 Å². The zero-order valence-corrected chi connectivity index (χ0v) is 11.6. The smallest absolute Gasteiger partial charge is 0.256 e. The number of nitrogens with one attached hydrogen (secondary N) is 1. The lowest BCUT2D eigenvalue weighted by Gasteiger charge is -2.07. The van der Waals surface area contributed by atoms with Crippen molar-refractivity contribution >= 4 is 47.4 Å². The number of carbonyl (C=O) groups is 1. The van der Waals surface area contributed by atoms with Crippen LogP contribution in [-0.4, -0.2) is 5.91 Å². The molecule has 2 nitrogen and oxygen atoms in total. The van der Waals surface area contributed by atoms with Crippen LogP contribution in [0.15, 0.2) is 47.4 Å². The minimum Gasteiger partial charge on any atom is -0.322 e. The Balaban J connectivity index is 2.24. The molecule has 2 aromatic carbocycles. The van der Waals surface area contributed by atoms with Gasteiger partial charge in [0.2, 0.25) is 0 Å². The van der Waals surface area contributed by atoms with Crippen molar-refractivity contribution < 1.29 is 4.79 Å². The first-order valence-corrected chi connectivity index (χ1v) is 6.32. The summed E-state index contributed by atoms with van der Waals surface area (Å²) in [6.45, 7) is 0. The summed E-state index contributed by atoms with van der Waals surface area (Å²) < 4.78 is 0. The minimum atomic E-state index is -0.251. The van der Waals surface area contributed by atoms with Crippen molar-refractivity contribution in [3.05, 3.63) is 58.1 Å². The van der Waals surface area contributed by atoms with Crippen molar-refractivity contribution in [2.45, 2.75) is 4.90 Å². The Labute approximate surface area is 120 Å². The molecule has 0 unspecified atom stereocenters. The number of halogens is 2. The summed E-state index contributed by atoms with van der Waals surface area (Å²) in [5, 5.41) is 3.66. The molecule has 5 heteroatoms. The molecule has 0 aliphatic carbocycles. The Hall–Kier alpha value is -1.16. The van der Waals surface area contributed by atoms with E-state index < -0.39 is 0 Å². The Morgan fingerprint density at radius 1 is 1.06 bits per heavy atom. The highest BCUT2D eigenvalue weighted by molar-refractivity contribution is 7.80. The first-order valence-electron chi connectivity index (χ1n) is 5.12. The molecular weight excluding hydrogens is 289 g/mol. The maximum absolute atomic E-state index is 12.0. The lowest BCUT2D eigenvalue weighted by molar-refractivity contribution is 0.102. The fraction of sp³-hybridized carbons (Fsp3) is 0. The molecular formula is C13H9Cl2NOS. The first kappa shape index (κ1) is 13.3. The number of rotatable bonds is 2. The van der Waals surface area contributed by atoms with Gasteiger partial charge in [0.1, 0.15) is 0 Å². The number of benzene rings is 2. The predicted octanol–water partition coefficient (Wildman–Crippen LogP) is 4.53. The van der Waals surface area contributed by atoms with Gasteiger partial charge in [-0.2, -0.15) is 0 Å². The zero-order chi connectivity index (χ0) is 13.1. The number of anilines is 1. The average Bonchev–Trinajstić information content (AvgIpc) is 2.27. The first-order chi connectivity index (χ1) is 8.56. The summed E-state index contributed by atoms with van der Waals surface area (Å²) in [4.78, 5) is 12.6. The molecule has 2 aromatic rings. The number of amides is 1. The van der Waals surface area contributed by atoms with E-state index in [0.717, 1.165) is 0 Å². The second-order valence-electron chi connectivity index (χ2n) is 3.63. The molecule has 0 aliphatic rings. The molecule has 0 saturated carbocycles. The largest absolute Gasteiger partial charge is 0.322 e. The predicted molar refractivity (Wildman–Crippen MR) is 78.1 cm³/mol. The van der Waals surface area contributed by atoms with E-state index in [9.17, 15) is 4.79 Å². The maximum Gasteiger partial charge on any atom is 0.256 e. The summed E-state index contributed by atoms with van der Waals surface area (Å²) in [6, 6.07) is 11.9. The van der Waals surface area contributed by atoms with E-state index >= 15 is 0 Å². The summed E-state index contributed by atoms with van der Waals surface area (Å²) in [5.74, 6) is -0.251. The number of hydrogen-bond donors (Lipinski definition) is 2. The molecule has 2 rings (SSSR count). The Bertz CT molecular complexity index is 581. The van der Waals surface area contributed by atoms with E-state index in [1.54, 1.807) is 36.4 Å². The normalized spacial score (nSPS) is 10.2. The molecule has 0 bridgehead atoms. The fourth-order valence-electron chi connectivity index (χ4n) is 1.49. The molecule has 1 N–H and O–H groups in total. The van der Waals surface area contributed by atoms with E-state index in [0.29, 0.717) is 26.2 Å². The van der Waals surface area contributed by atoms with Gasteiger partial charge in [0.25, 0.3) is 5.91 Å². The van der Waals surface area contributed by atoms with E-state index in [2.05, 4.69) is 17.9 Å². The Morgan fingerprint density at radius 3 is 2.28 bits per heavy atom. The number of thiol groups is 1. The van der Waals surface area contributed by atoms with Gasteiger partial charge in [-0.3, -0.25) is 4.79 Å². The second-order valence-corrected chi connectivity index (χ2v) is 4.98. The van der Waals surface area contributed by atoms with Crippen molar-refractivity contribution in [1.82, 2.24) is 0 Å². The summed E-state index contributed by atoms with van der Waals surface area (Å²) >= 11 is 16.0. The van der Waals surface area contributed by atoms with E-state index in [-0.39, 0.29) is 5.91 Å². The van der Waals surface area contributed by atoms with Crippen LogP contribution in [0.4, 0.5) is 5.69 Å². The van der Waals surface area contributed by atoms with Crippen molar-refractivity contribution in [1.29, 1.82) is 0 Å². The van der Waals surface area contributed by atoms with Crippen LogP contribution in [-0.2, 0) is 0 Å². The zero-order valence-electron chi connectivity index (χ0n) is 9.15. The third kappa shape index (κ3) is 3.19. The van der Waals surface area contributed by atoms with Gasteiger partial charge in [-0.15, -0.1) is 12.6 Å². The standard InChI is InChI=1S/C13H9Cl2NOS/c14-8-5-9(15)7-10(6-8)16-13(17)11-3-1-2-4-12(11)18/h1-7,18H,(H,16,17). The van der Waals surface area contributed by atoms with Gasteiger partial charge < -0.3 is 5.32 Å². The van der Waals surface area contributed by atoms with Crippen LogP contribution < -0.4 is 5.32 Å². The van der Waals surface area contributed by atoms with Crippen LogP contribution in [0.2, 0.25) is 10.0 Å². The van der Waals surface area contributed by atoms with Gasteiger partial charge in [-0.05, 0) is 30.3 Å². The van der Waals surface area contributed by atoms with E-state index in [1.165, 1.54) is 0 Å². The highest BCUT2D eigenvalue weighted by atomic mass is 35.5. The average molecular weight is 298 g/mol. The Morgan fingerprint density at radius 2 is 1.67 bits per heavy atom. The van der Waals surface area contributed by atoms with Crippen molar-refractivity contribution in [2.75, 3.05) is 5.32 Å². The molecule has 0 saturated heterocycles. The van der Waals surface area contributed by atoms with Crippen LogP contribution in [0.5, 0.6) is 0 Å².